The van der Waals surface area contributed by atoms with Crippen LogP contribution >= 0.6 is 0 Å². The predicted molar refractivity (Wildman–Crippen MR) is 160 cm³/mol. The summed E-state index contributed by atoms with van der Waals surface area (Å²) in [5.74, 6) is 0.651. The van der Waals surface area contributed by atoms with Crippen molar-refractivity contribution in [1.82, 2.24) is 19.5 Å². The number of rotatable bonds is 4. The molecule has 0 aliphatic carbocycles. The van der Waals surface area contributed by atoms with Crippen LogP contribution in [-0.4, -0.2) is 19.5 Å². The van der Waals surface area contributed by atoms with Crippen molar-refractivity contribution < 1.29 is 0 Å². The Morgan fingerprint density at radius 3 is 2.28 bits per heavy atom. The minimum Gasteiger partial charge on any atom is -0.366 e. The van der Waals surface area contributed by atoms with Gasteiger partial charge in [-0.15, -0.1) is 0 Å². The van der Waals surface area contributed by atoms with Crippen molar-refractivity contribution in [2.24, 2.45) is 7.05 Å². The van der Waals surface area contributed by atoms with E-state index < -0.39 is 0 Å². The molecule has 0 fully saturated rings. The van der Waals surface area contributed by atoms with Crippen LogP contribution in [0.1, 0.15) is 26.3 Å². The number of para-hydroxylation sites is 1. The molecule has 6 rings (SSSR count). The molecular formula is C34H30N4O. The molecule has 1 N–H and O–H groups in total. The number of pyridine rings is 2. The van der Waals surface area contributed by atoms with Crippen LogP contribution in [0.15, 0.2) is 108 Å². The average Bonchev–Trinajstić information content (AvgIpc) is 3.29. The molecule has 0 radical (unpaired) electrons. The Kier molecular flexibility index (Phi) is 5.99. The van der Waals surface area contributed by atoms with Gasteiger partial charge < -0.3 is 9.55 Å². The van der Waals surface area contributed by atoms with Gasteiger partial charge in [-0.1, -0.05) is 81.4 Å². The molecular weight excluding hydrogens is 480 g/mol. The van der Waals surface area contributed by atoms with Crippen molar-refractivity contribution in [3.05, 3.63) is 119 Å². The predicted octanol–water partition coefficient (Wildman–Crippen LogP) is 7.62. The molecule has 3 aromatic heterocycles. The summed E-state index contributed by atoms with van der Waals surface area (Å²) in [5.41, 5.74) is 9.18. The number of imidazole rings is 1. The maximum Gasteiger partial charge on any atom is 0.196 e. The number of nitrogens with one attached hydrogen (secondary N) is 1. The summed E-state index contributed by atoms with van der Waals surface area (Å²) in [6.07, 6.45) is 5.41. The smallest absolute Gasteiger partial charge is 0.196 e. The van der Waals surface area contributed by atoms with E-state index in [-0.39, 0.29) is 10.8 Å². The molecule has 3 heterocycles. The number of aromatic amines is 1. The lowest BCUT2D eigenvalue weighted by Crippen LogP contribution is -2.24. The molecule has 6 aromatic rings. The third kappa shape index (κ3) is 4.46. The molecule has 0 aliphatic heterocycles. The Morgan fingerprint density at radius 1 is 0.744 bits per heavy atom. The quantitative estimate of drug-likeness (QED) is 0.265. The van der Waals surface area contributed by atoms with Gasteiger partial charge in [-0.05, 0) is 46.4 Å². The number of fused-ring (bicyclic) bond motifs is 1. The Labute approximate surface area is 227 Å². The van der Waals surface area contributed by atoms with Gasteiger partial charge in [0.25, 0.3) is 0 Å². The van der Waals surface area contributed by atoms with Gasteiger partial charge >= 0.3 is 0 Å². The first-order chi connectivity index (χ1) is 18.8. The third-order valence-corrected chi connectivity index (χ3v) is 7.24. The molecule has 0 unspecified atom stereocenters. The maximum absolute atomic E-state index is 13.5. The number of aryl methyl sites for hydroxylation is 1. The van der Waals surface area contributed by atoms with Crippen molar-refractivity contribution >= 4 is 11.0 Å². The molecule has 5 heteroatoms. The van der Waals surface area contributed by atoms with E-state index in [1.54, 1.807) is 12.4 Å². The number of hydrogen-bond donors (Lipinski definition) is 1. The van der Waals surface area contributed by atoms with Gasteiger partial charge in [0.15, 0.2) is 5.43 Å². The van der Waals surface area contributed by atoms with E-state index in [2.05, 4.69) is 58.5 Å². The molecule has 5 nitrogen and oxygen atoms in total. The molecule has 0 saturated carbocycles. The minimum absolute atomic E-state index is 0.00701. The molecule has 0 bridgehead atoms. The first kappa shape index (κ1) is 24.6. The summed E-state index contributed by atoms with van der Waals surface area (Å²) >= 11 is 0. The van der Waals surface area contributed by atoms with Crippen LogP contribution < -0.4 is 5.43 Å². The Hall–Kier alpha value is -4.77. The second-order valence-corrected chi connectivity index (χ2v) is 10.9. The van der Waals surface area contributed by atoms with E-state index in [1.807, 2.05) is 75.0 Å². The van der Waals surface area contributed by atoms with Crippen LogP contribution in [0.4, 0.5) is 0 Å². The normalized spacial score (nSPS) is 11.7. The van der Waals surface area contributed by atoms with Crippen molar-refractivity contribution in [2.45, 2.75) is 26.2 Å². The van der Waals surface area contributed by atoms with E-state index in [0.29, 0.717) is 11.4 Å². The number of nitrogens with zero attached hydrogens (tertiary/aromatic N) is 3. The Balaban J connectivity index is 1.46. The molecule has 192 valence electrons. The summed E-state index contributed by atoms with van der Waals surface area (Å²) in [6.45, 7) is 6.14. The first-order valence-electron chi connectivity index (χ1n) is 13.1. The second-order valence-electron chi connectivity index (χ2n) is 10.9. The van der Waals surface area contributed by atoms with E-state index in [9.17, 15) is 4.79 Å². The summed E-state index contributed by atoms with van der Waals surface area (Å²) in [6, 6.07) is 29.1. The first-order valence-corrected chi connectivity index (χ1v) is 13.1. The van der Waals surface area contributed by atoms with Crippen LogP contribution in [0, 0.1) is 0 Å². The van der Waals surface area contributed by atoms with Crippen LogP contribution in [0.25, 0.3) is 55.9 Å². The van der Waals surface area contributed by atoms with Crippen LogP contribution in [0.2, 0.25) is 0 Å². The second kappa shape index (κ2) is 9.52. The fourth-order valence-corrected chi connectivity index (χ4v) is 5.14. The van der Waals surface area contributed by atoms with Gasteiger partial charge in [-0.3, -0.25) is 9.78 Å². The molecule has 0 spiro atoms. The molecule has 39 heavy (non-hydrogen) atoms. The number of benzene rings is 3. The molecule has 0 amide bonds. The van der Waals surface area contributed by atoms with Crippen LogP contribution in [0.3, 0.4) is 0 Å². The largest absolute Gasteiger partial charge is 0.366 e. The number of H-pyrrole nitrogens is 1. The fourth-order valence-electron chi connectivity index (χ4n) is 5.14. The third-order valence-electron chi connectivity index (χ3n) is 7.24. The summed E-state index contributed by atoms with van der Waals surface area (Å²) in [5, 5.41) is 0. The van der Waals surface area contributed by atoms with Gasteiger partial charge in [0.05, 0.1) is 22.3 Å². The van der Waals surface area contributed by atoms with Gasteiger partial charge in [-0.25, -0.2) is 4.98 Å². The standard InChI is InChI=1S/C34H30N4O/c1-34(2,3)28-21-35-20-27(32(28)39)33-37-31-26(14-9-15-30(31)38(33)4)24-12-8-13-25(18-24)29-19-23(16-17-36-29)22-10-6-5-7-11-22/h5-21H,1-4H3,(H,35,39). The zero-order valence-electron chi connectivity index (χ0n) is 22.6. The molecule has 0 atom stereocenters. The van der Waals surface area contributed by atoms with Crippen molar-refractivity contribution in [2.75, 3.05) is 0 Å². The van der Waals surface area contributed by atoms with Crippen molar-refractivity contribution in [3.8, 4) is 44.9 Å². The highest BCUT2D eigenvalue weighted by Gasteiger charge is 2.22. The monoisotopic (exact) mass is 510 g/mol. The van der Waals surface area contributed by atoms with Gasteiger partial charge in [0.2, 0.25) is 0 Å². The van der Waals surface area contributed by atoms with Gasteiger partial charge in [0.1, 0.15) is 5.82 Å². The highest BCUT2D eigenvalue weighted by atomic mass is 16.1. The van der Waals surface area contributed by atoms with E-state index in [1.165, 1.54) is 0 Å². The minimum atomic E-state index is -0.272. The summed E-state index contributed by atoms with van der Waals surface area (Å²) < 4.78 is 2.00. The SMILES string of the molecule is Cn1c(-c2c[nH]cc(C(C)(C)C)c2=O)nc2c(-c3cccc(-c4cc(-c5ccccc5)ccn4)c3)cccc21. The average molecular weight is 511 g/mol. The zero-order valence-corrected chi connectivity index (χ0v) is 22.6. The summed E-state index contributed by atoms with van der Waals surface area (Å²) in [4.78, 5) is 26.3. The highest BCUT2D eigenvalue weighted by Crippen LogP contribution is 2.33. The lowest BCUT2D eigenvalue weighted by molar-refractivity contribution is 0.583. The molecule has 3 aromatic carbocycles. The Bertz CT molecular complexity index is 1870. The number of hydrogen-bond acceptors (Lipinski definition) is 3. The van der Waals surface area contributed by atoms with Gasteiger partial charge in [0, 0.05) is 42.3 Å². The van der Waals surface area contributed by atoms with E-state index in [0.717, 1.165) is 50.1 Å². The van der Waals surface area contributed by atoms with E-state index >= 15 is 0 Å². The summed E-state index contributed by atoms with van der Waals surface area (Å²) in [7, 11) is 1.97. The highest BCUT2D eigenvalue weighted by molar-refractivity contribution is 5.95. The zero-order chi connectivity index (χ0) is 27.1. The topological polar surface area (TPSA) is 63.6 Å². The van der Waals surface area contributed by atoms with E-state index in [4.69, 9.17) is 4.98 Å². The van der Waals surface area contributed by atoms with Crippen molar-refractivity contribution in [1.29, 1.82) is 0 Å². The molecule has 0 saturated heterocycles. The van der Waals surface area contributed by atoms with Gasteiger partial charge in [-0.2, -0.15) is 0 Å². The van der Waals surface area contributed by atoms with Crippen molar-refractivity contribution in [3.63, 3.8) is 0 Å². The van der Waals surface area contributed by atoms with Crippen LogP contribution in [-0.2, 0) is 12.5 Å². The van der Waals surface area contributed by atoms with Crippen LogP contribution in [0.5, 0.6) is 0 Å². The number of aromatic nitrogens is 4. The molecule has 0 aliphatic rings. The maximum atomic E-state index is 13.5. The lowest BCUT2D eigenvalue weighted by atomic mass is 9.87. The fraction of sp³-hybridized carbons (Fsp3) is 0.147. The lowest BCUT2D eigenvalue weighted by Gasteiger charge is -2.18. The Morgan fingerprint density at radius 2 is 1.49 bits per heavy atom.